The number of likely N-dealkylation sites (N-methyl/N-ethyl adjacent to an activating group) is 1. The van der Waals surface area contributed by atoms with Crippen molar-refractivity contribution >= 4 is 17.5 Å². The minimum atomic E-state index is -0.188. The molecule has 0 saturated heterocycles. The molecule has 2 aromatic carbocycles. The van der Waals surface area contributed by atoms with Gasteiger partial charge in [-0.2, -0.15) is 0 Å². The lowest BCUT2D eigenvalue weighted by molar-refractivity contribution is -0.114. The van der Waals surface area contributed by atoms with E-state index in [4.69, 9.17) is 0 Å². The van der Waals surface area contributed by atoms with Gasteiger partial charge in [0, 0.05) is 36.8 Å². The summed E-state index contributed by atoms with van der Waals surface area (Å²) in [5.41, 5.74) is 3.46. The Morgan fingerprint density at radius 2 is 1.67 bits per heavy atom. The van der Waals surface area contributed by atoms with E-state index in [0.29, 0.717) is 6.54 Å². The van der Waals surface area contributed by atoms with Crippen molar-refractivity contribution in [2.75, 3.05) is 31.5 Å². The number of rotatable bonds is 7. The Balaban J connectivity index is 2.01. The number of carbonyl (C=O) groups is 2. The summed E-state index contributed by atoms with van der Waals surface area (Å²) >= 11 is 0. The summed E-state index contributed by atoms with van der Waals surface area (Å²) in [4.78, 5) is 29.0. The van der Waals surface area contributed by atoms with Gasteiger partial charge >= 0.3 is 0 Å². The average Bonchev–Trinajstić information content (AvgIpc) is 2.95. The molecule has 0 saturated carbocycles. The summed E-state index contributed by atoms with van der Waals surface area (Å²) in [6.45, 7) is 9.15. The van der Waals surface area contributed by atoms with Gasteiger partial charge in [0.05, 0.1) is 6.04 Å². The Hall–Kier alpha value is -2.66. The van der Waals surface area contributed by atoms with E-state index in [-0.39, 0.29) is 17.9 Å². The summed E-state index contributed by atoms with van der Waals surface area (Å²) in [5.74, 6) is -0.0601. The zero-order valence-corrected chi connectivity index (χ0v) is 16.2. The minimum Gasteiger partial charge on any atom is -0.326 e. The van der Waals surface area contributed by atoms with Crippen LogP contribution in [-0.2, 0) is 4.79 Å². The third kappa shape index (κ3) is 3.88. The minimum absolute atomic E-state index is 0.0559. The SMILES string of the molecule is CCN(CC)CCN1C(=O)c2ccccc2C1c1ccccc1NC(C)=O. The zero-order chi connectivity index (χ0) is 19.4. The first kappa shape index (κ1) is 19.1. The second kappa shape index (κ2) is 8.35. The lowest BCUT2D eigenvalue weighted by Gasteiger charge is -2.29. The molecule has 1 aliphatic heterocycles. The molecule has 0 bridgehead atoms. The molecule has 0 aromatic heterocycles. The van der Waals surface area contributed by atoms with Crippen molar-refractivity contribution < 1.29 is 9.59 Å². The van der Waals surface area contributed by atoms with Gasteiger partial charge in [0.15, 0.2) is 0 Å². The summed E-state index contributed by atoms with van der Waals surface area (Å²) in [7, 11) is 0. The van der Waals surface area contributed by atoms with Crippen LogP contribution in [0.4, 0.5) is 5.69 Å². The van der Waals surface area contributed by atoms with Crippen LogP contribution in [-0.4, -0.2) is 47.8 Å². The standard InChI is InChI=1S/C22H27N3O2/c1-4-24(5-2)14-15-25-21(17-10-6-7-11-18(17)22(25)27)19-12-8-9-13-20(19)23-16(3)26/h6-13,21H,4-5,14-15H2,1-3H3,(H,23,26). The van der Waals surface area contributed by atoms with Crippen LogP contribution in [0, 0.1) is 0 Å². The van der Waals surface area contributed by atoms with E-state index in [1.807, 2.05) is 53.4 Å². The maximum Gasteiger partial charge on any atom is 0.255 e. The molecule has 1 unspecified atom stereocenters. The van der Waals surface area contributed by atoms with Crippen LogP contribution in [0.15, 0.2) is 48.5 Å². The van der Waals surface area contributed by atoms with Crippen molar-refractivity contribution in [1.82, 2.24) is 9.80 Å². The fourth-order valence-electron chi connectivity index (χ4n) is 3.76. The maximum atomic E-state index is 13.1. The summed E-state index contributed by atoms with van der Waals surface area (Å²) in [5, 5.41) is 2.92. The molecule has 1 N–H and O–H groups in total. The molecule has 142 valence electrons. The molecule has 5 heteroatoms. The molecule has 1 aliphatic rings. The van der Waals surface area contributed by atoms with Crippen molar-refractivity contribution in [2.24, 2.45) is 0 Å². The van der Waals surface area contributed by atoms with Gasteiger partial charge in [0.2, 0.25) is 5.91 Å². The molecule has 1 heterocycles. The molecule has 0 radical (unpaired) electrons. The highest BCUT2D eigenvalue weighted by Crippen LogP contribution is 2.40. The molecule has 2 aromatic rings. The number of nitrogens with zero attached hydrogens (tertiary/aromatic N) is 2. The number of amides is 2. The molecule has 0 fully saturated rings. The number of anilines is 1. The monoisotopic (exact) mass is 365 g/mol. The van der Waals surface area contributed by atoms with E-state index in [9.17, 15) is 9.59 Å². The summed E-state index contributed by atoms with van der Waals surface area (Å²) in [6.07, 6.45) is 0. The first-order valence-electron chi connectivity index (χ1n) is 9.55. The second-order valence-corrected chi connectivity index (χ2v) is 6.78. The topological polar surface area (TPSA) is 52.6 Å². The van der Waals surface area contributed by atoms with Crippen molar-refractivity contribution in [3.63, 3.8) is 0 Å². The van der Waals surface area contributed by atoms with E-state index < -0.39 is 0 Å². The Morgan fingerprint density at radius 1 is 1.04 bits per heavy atom. The third-order valence-corrected chi connectivity index (χ3v) is 5.18. The third-order valence-electron chi connectivity index (χ3n) is 5.18. The number of hydrogen-bond donors (Lipinski definition) is 1. The Morgan fingerprint density at radius 3 is 2.33 bits per heavy atom. The van der Waals surface area contributed by atoms with Gasteiger partial charge in [0.25, 0.3) is 5.91 Å². The van der Waals surface area contributed by atoms with E-state index in [2.05, 4.69) is 24.1 Å². The summed E-state index contributed by atoms with van der Waals surface area (Å²) < 4.78 is 0. The second-order valence-electron chi connectivity index (χ2n) is 6.78. The molecule has 27 heavy (non-hydrogen) atoms. The highest BCUT2D eigenvalue weighted by atomic mass is 16.2. The maximum absolute atomic E-state index is 13.1. The lowest BCUT2D eigenvalue weighted by Crippen LogP contribution is -2.37. The van der Waals surface area contributed by atoms with Gasteiger partial charge in [-0.15, -0.1) is 0 Å². The highest BCUT2D eigenvalue weighted by molar-refractivity contribution is 6.00. The molecule has 3 rings (SSSR count). The Kier molecular flexibility index (Phi) is 5.91. The number of para-hydroxylation sites is 1. The van der Waals surface area contributed by atoms with Crippen LogP contribution >= 0.6 is 0 Å². The van der Waals surface area contributed by atoms with Gasteiger partial charge in [0.1, 0.15) is 0 Å². The molecule has 0 spiro atoms. The van der Waals surface area contributed by atoms with Crippen molar-refractivity contribution in [3.8, 4) is 0 Å². The van der Waals surface area contributed by atoms with Gasteiger partial charge in [-0.1, -0.05) is 50.2 Å². The fourth-order valence-corrected chi connectivity index (χ4v) is 3.76. The first-order valence-corrected chi connectivity index (χ1v) is 9.55. The van der Waals surface area contributed by atoms with Crippen LogP contribution in [0.3, 0.4) is 0 Å². The Bertz CT molecular complexity index is 830. The largest absolute Gasteiger partial charge is 0.326 e. The predicted molar refractivity (Wildman–Crippen MR) is 108 cm³/mol. The van der Waals surface area contributed by atoms with Crippen LogP contribution in [0.25, 0.3) is 0 Å². The summed E-state index contributed by atoms with van der Waals surface area (Å²) in [6, 6.07) is 15.3. The van der Waals surface area contributed by atoms with Crippen LogP contribution in [0.5, 0.6) is 0 Å². The van der Waals surface area contributed by atoms with Crippen molar-refractivity contribution in [2.45, 2.75) is 26.8 Å². The fraction of sp³-hybridized carbons (Fsp3) is 0.364. The first-order chi connectivity index (χ1) is 13.1. The van der Waals surface area contributed by atoms with Crippen LogP contribution in [0.2, 0.25) is 0 Å². The number of hydrogen-bond acceptors (Lipinski definition) is 3. The average molecular weight is 365 g/mol. The quantitative estimate of drug-likeness (QED) is 0.817. The number of fused-ring (bicyclic) bond motifs is 1. The number of nitrogens with one attached hydrogen (secondary N) is 1. The molecule has 0 aliphatic carbocycles. The number of benzene rings is 2. The molecule has 5 nitrogen and oxygen atoms in total. The van der Waals surface area contributed by atoms with E-state index in [1.165, 1.54) is 6.92 Å². The molecular weight excluding hydrogens is 338 g/mol. The highest BCUT2D eigenvalue weighted by Gasteiger charge is 2.38. The van der Waals surface area contributed by atoms with E-state index in [1.54, 1.807) is 0 Å². The zero-order valence-electron chi connectivity index (χ0n) is 16.2. The lowest BCUT2D eigenvalue weighted by atomic mass is 9.96. The van der Waals surface area contributed by atoms with Crippen LogP contribution < -0.4 is 5.32 Å². The normalized spacial score (nSPS) is 15.9. The van der Waals surface area contributed by atoms with Crippen LogP contribution in [0.1, 0.15) is 48.3 Å². The van der Waals surface area contributed by atoms with Crippen molar-refractivity contribution in [1.29, 1.82) is 0 Å². The van der Waals surface area contributed by atoms with E-state index in [0.717, 1.165) is 42.0 Å². The molecular formula is C22H27N3O2. The van der Waals surface area contributed by atoms with Gasteiger partial charge < -0.3 is 15.1 Å². The smallest absolute Gasteiger partial charge is 0.255 e. The predicted octanol–water partition coefficient (Wildman–Crippen LogP) is 3.53. The number of carbonyl (C=O) groups excluding carboxylic acids is 2. The van der Waals surface area contributed by atoms with Gasteiger partial charge in [-0.05, 0) is 30.8 Å². The van der Waals surface area contributed by atoms with Crippen molar-refractivity contribution in [3.05, 3.63) is 65.2 Å². The molecule has 2 amide bonds. The van der Waals surface area contributed by atoms with E-state index >= 15 is 0 Å². The molecule has 1 atom stereocenters. The Labute approximate surface area is 161 Å². The van der Waals surface area contributed by atoms with Gasteiger partial charge in [-0.25, -0.2) is 0 Å². The van der Waals surface area contributed by atoms with Gasteiger partial charge in [-0.3, -0.25) is 9.59 Å².